The summed E-state index contributed by atoms with van der Waals surface area (Å²) in [4.78, 5) is 28.4. The van der Waals surface area contributed by atoms with Crippen molar-refractivity contribution in [3.05, 3.63) is 31.8 Å². The summed E-state index contributed by atoms with van der Waals surface area (Å²) >= 11 is 4.63. The molecule has 1 aliphatic rings. The predicted molar refractivity (Wildman–Crippen MR) is 149 cm³/mol. The summed E-state index contributed by atoms with van der Waals surface area (Å²) in [6.45, 7) is 10.9. The highest BCUT2D eigenvalue weighted by atomic mass is 32.2. The van der Waals surface area contributed by atoms with Crippen LogP contribution < -0.4 is 5.32 Å². The van der Waals surface area contributed by atoms with Gasteiger partial charge in [-0.1, -0.05) is 25.6 Å². The number of aromatic nitrogens is 3. The Morgan fingerprint density at radius 3 is 2.72 bits per heavy atom. The van der Waals surface area contributed by atoms with Gasteiger partial charge in [0.05, 0.1) is 17.4 Å². The van der Waals surface area contributed by atoms with E-state index in [1.165, 1.54) is 38.4 Å². The number of carbonyl (C=O) groups is 2. The summed E-state index contributed by atoms with van der Waals surface area (Å²) in [7, 11) is 0. The van der Waals surface area contributed by atoms with Gasteiger partial charge in [0.2, 0.25) is 5.91 Å². The summed E-state index contributed by atoms with van der Waals surface area (Å²) < 4.78 is 7.63. The lowest BCUT2D eigenvalue weighted by Gasteiger charge is -2.14. The number of hydrogen-bond acceptors (Lipinski definition) is 8. The number of amides is 1. The smallest absolute Gasteiger partial charge is 0.341 e. The van der Waals surface area contributed by atoms with Gasteiger partial charge < -0.3 is 14.6 Å². The summed E-state index contributed by atoms with van der Waals surface area (Å²) in [5, 5.41) is 15.4. The van der Waals surface area contributed by atoms with Crippen molar-refractivity contribution in [3.8, 4) is 11.4 Å². The Labute approximate surface area is 225 Å². The minimum Gasteiger partial charge on any atom is -0.459 e. The average Bonchev–Trinajstić information content (AvgIpc) is 3.51. The quantitative estimate of drug-likeness (QED) is 0.230. The molecule has 0 spiro atoms. The minimum atomic E-state index is -0.350. The molecule has 36 heavy (non-hydrogen) atoms. The zero-order valence-electron chi connectivity index (χ0n) is 21.6. The van der Waals surface area contributed by atoms with Crippen LogP contribution in [-0.4, -0.2) is 38.5 Å². The van der Waals surface area contributed by atoms with Crippen LogP contribution in [0.1, 0.15) is 78.2 Å². The first-order valence-electron chi connectivity index (χ1n) is 12.6. The van der Waals surface area contributed by atoms with Crippen molar-refractivity contribution in [2.45, 2.75) is 90.9 Å². The van der Waals surface area contributed by atoms with Crippen molar-refractivity contribution >= 4 is 51.3 Å². The Balaban J connectivity index is 1.51. The molecule has 0 aliphatic heterocycles. The third kappa shape index (κ3) is 5.70. The van der Waals surface area contributed by atoms with Gasteiger partial charge in [0.25, 0.3) is 0 Å². The lowest BCUT2D eigenvalue weighted by atomic mass is 9.95. The van der Waals surface area contributed by atoms with Gasteiger partial charge in [-0.15, -0.1) is 32.9 Å². The van der Waals surface area contributed by atoms with Crippen LogP contribution in [0.25, 0.3) is 11.4 Å². The molecule has 10 heteroatoms. The van der Waals surface area contributed by atoms with E-state index in [9.17, 15) is 9.59 Å². The number of aryl methyl sites for hydroxylation is 2. The number of rotatable bonds is 10. The Morgan fingerprint density at radius 2 is 2.00 bits per heavy atom. The number of ether oxygens (including phenoxy) is 1. The molecule has 0 radical (unpaired) electrons. The van der Waals surface area contributed by atoms with Gasteiger partial charge in [-0.05, 0) is 70.4 Å². The lowest BCUT2D eigenvalue weighted by molar-refractivity contribution is -0.113. The predicted octanol–water partition coefficient (Wildman–Crippen LogP) is 6.52. The summed E-state index contributed by atoms with van der Waals surface area (Å²) in [6.07, 6.45) is 5.62. The van der Waals surface area contributed by atoms with Crippen LogP contribution in [0, 0.1) is 6.92 Å². The molecule has 3 aromatic rings. The molecule has 0 fully saturated rings. The van der Waals surface area contributed by atoms with E-state index in [1.54, 1.807) is 11.3 Å². The summed E-state index contributed by atoms with van der Waals surface area (Å²) in [5.74, 6) is 0.542. The number of anilines is 1. The number of hydrogen-bond donors (Lipinski definition) is 1. The topological polar surface area (TPSA) is 86.1 Å². The summed E-state index contributed by atoms with van der Waals surface area (Å²) in [5.41, 5.74) is 4.03. The lowest BCUT2D eigenvalue weighted by Crippen LogP contribution is -2.19. The van der Waals surface area contributed by atoms with E-state index in [-0.39, 0.29) is 23.7 Å². The molecule has 0 unspecified atom stereocenters. The van der Waals surface area contributed by atoms with E-state index in [0.29, 0.717) is 10.6 Å². The van der Waals surface area contributed by atoms with E-state index in [0.717, 1.165) is 67.2 Å². The molecule has 1 N–H and O–H groups in total. The molecule has 194 valence electrons. The SMILES string of the molecule is CCCn1c(SCC(=O)Nc2sc3c(c2C(=O)OC(C)C)CCCC3)nnc1-c1csc(C)c1CC. The van der Waals surface area contributed by atoms with Gasteiger partial charge >= 0.3 is 5.97 Å². The van der Waals surface area contributed by atoms with Gasteiger partial charge in [-0.3, -0.25) is 4.79 Å². The number of carbonyl (C=O) groups excluding carboxylic acids is 2. The molecule has 0 aromatic carbocycles. The van der Waals surface area contributed by atoms with E-state index in [1.807, 2.05) is 13.8 Å². The molecular weight excluding hydrogens is 513 g/mol. The van der Waals surface area contributed by atoms with E-state index < -0.39 is 0 Å². The number of thiophene rings is 2. The highest BCUT2D eigenvalue weighted by molar-refractivity contribution is 7.99. The van der Waals surface area contributed by atoms with Crippen molar-refractivity contribution < 1.29 is 14.3 Å². The van der Waals surface area contributed by atoms with Crippen molar-refractivity contribution in [3.63, 3.8) is 0 Å². The fraction of sp³-hybridized carbons (Fsp3) is 0.538. The standard InChI is InChI=1S/C26H34N4O3S3/c1-6-12-30-23(19-13-34-16(5)17(19)7-2)28-29-26(30)35-14-21(31)27-24-22(25(32)33-15(3)4)18-10-8-9-11-20(18)36-24/h13,15H,6-12,14H2,1-5H3,(H,27,31). The second kappa shape index (κ2) is 11.9. The Hall–Kier alpha value is -2.17. The molecule has 4 rings (SSSR count). The van der Waals surface area contributed by atoms with Gasteiger partial charge in [-0.25, -0.2) is 4.79 Å². The van der Waals surface area contributed by atoms with Crippen LogP contribution in [0.3, 0.4) is 0 Å². The summed E-state index contributed by atoms with van der Waals surface area (Å²) in [6, 6.07) is 0. The molecule has 0 saturated heterocycles. The van der Waals surface area contributed by atoms with Gasteiger partial charge in [0, 0.05) is 27.2 Å². The van der Waals surface area contributed by atoms with Crippen LogP contribution in [0.2, 0.25) is 0 Å². The van der Waals surface area contributed by atoms with Crippen molar-refractivity contribution in [2.24, 2.45) is 0 Å². The van der Waals surface area contributed by atoms with Gasteiger partial charge in [0.1, 0.15) is 5.00 Å². The average molecular weight is 547 g/mol. The number of nitrogens with zero attached hydrogens (tertiary/aromatic N) is 3. The van der Waals surface area contributed by atoms with Gasteiger partial charge in [0.15, 0.2) is 11.0 Å². The zero-order valence-corrected chi connectivity index (χ0v) is 24.1. The van der Waals surface area contributed by atoms with Crippen LogP contribution in [-0.2, 0) is 35.3 Å². The molecule has 1 aliphatic carbocycles. The second-order valence-electron chi connectivity index (χ2n) is 9.20. The first kappa shape index (κ1) is 26.9. The monoisotopic (exact) mass is 546 g/mol. The molecule has 3 aromatic heterocycles. The number of thioether (sulfide) groups is 1. The first-order valence-corrected chi connectivity index (χ1v) is 15.3. The fourth-order valence-corrected chi connectivity index (χ4v) is 7.56. The van der Waals surface area contributed by atoms with Crippen molar-refractivity contribution in [1.29, 1.82) is 0 Å². The normalized spacial score (nSPS) is 13.2. The van der Waals surface area contributed by atoms with Crippen LogP contribution in [0.15, 0.2) is 10.5 Å². The third-order valence-electron chi connectivity index (χ3n) is 6.17. The minimum absolute atomic E-state index is 0.162. The molecule has 0 saturated carbocycles. The van der Waals surface area contributed by atoms with Crippen molar-refractivity contribution in [1.82, 2.24) is 14.8 Å². The van der Waals surface area contributed by atoms with Gasteiger partial charge in [-0.2, -0.15) is 0 Å². The second-order valence-corrected chi connectivity index (χ2v) is 12.3. The van der Waals surface area contributed by atoms with Crippen LogP contribution in [0.5, 0.6) is 0 Å². The molecule has 0 bridgehead atoms. The largest absolute Gasteiger partial charge is 0.459 e. The fourth-order valence-electron chi connectivity index (χ4n) is 4.56. The Bertz CT molecular complexity index is 1240. The maximum atomic E-state index is 13.0. The molecular formula is C26H34N4O3S3. The molecule has 7 nitrogen and oxygen atoms in total. The maximum Gasteiger partial charge on any atom is 0.341 e. The highest BCUT2D eigenvalue weighted by Gasteiger charge is 2.28. The van der Waals surface area contributed by atoms with E-state index in [4.69, 9.17) is 4.74 Å². The molecule has 1 amide bonds. The number of esters is 1. The number of fused-ring (bicyclic) bond motifs is 1. The Morgan fingerprint density at radius 1 is 1.22 bits per heavy atom. The highest BCUT2D eigenvalue weighted by Crippen LogP contribution is 2.39. The Kier molecular flexibility index (Phi) is 8.90. The van der Waals surface area contributed by atoms with Crippen LogP contribution >= 0.6 is 34.4 Å². The molecule has 0 atom stereocenters. The van der Waals surface area contributed by atoms with Crippen LogP contribution in [0.4, 0.5) is 5.00 Å². The third-order valence-corrected chi connectivity index (χ3v) is 9.29. The first-order chi connectivity index (χ1) is 17.3. The zero-order chi connectivity index (χ0) is 25.8. The number of nitrogens with one attached hydrogen (secondary N) is 1. The van der Waals surface area contributed by atoms with E-state index >= 15 is 0 Å². The maximum absolute atomic E-state index is 13.0. The molecule has 3 heterocycles. The van der Waals surface area contributed by atoms with E-state index in [2.05, 4.69) is 46.2 Å². The van der Waals surface area contributed by atoms with Crippen molar-refractivity contribution in [2.75, 3.05) is 11.1 Å².